The van der Waals surface area contributed by atoms with Crippen molar-refractivity contribution >= 4 is 10.8 Å². The normalized spacial score (nSPS) is 14.8. The van der Waals surface area contributed by atoms with Crippen LogP contribution < -0.4 is 14.2 Å². The predicted molar refractivity (Wildman–Crippen MR) is 138 cm³/mol. The molecule has 0 spiro atoms. The summed E-state index contributed by atoms with van der Waals surface area (Å²) in [6.45, 7) is 3.55. The van der Waals surface area contributed by atoms with Crippen molar-refractivity contribution in [1.82, 2.24) is 4.90 Å². The highest BCUT2D eigenvalue weighted by Gasteiger charge is 2.27. The molecule has 1 saturated heterocycles. The molecular weight excluding hydrogens is 446 g/mol. The standard InChI is InChI=1S/C28H35NO5.H2O/c1-32-26-22-8-4-5-9-23(22)27(33-2)28(34-19-18-29-16-6-3-7-17-29)25(26)24(31)15-12-20-10-13-21(30)14-11-20;/h4-5,8-11,13-14,24,30-31H,3,6-7,12,15-19H2,1-2H3;1H2. The van der Waals surface area contributed by atoms with Gasteiger partial charge in [-0.15, -0.1) is 0 Å². The van der Waals surface area contributed by atoms with Gasteiger partial charge < -0.3 is 29.9 Å². The fourth-order valence-corrected chi connectivity index (χ4v) is 4.81. The molecule has 0 bridgehead atoms. The van der Waals surface area contributed by atoms with Gasteiger partial charge in [-0.25, -0.2) is 0 Å². The summed E-state index contributed by atoms with van der Waals surface area (Å²) in [5.41, 5.74) is 1.66. The third-order valence-electron chi connectivity index (χ3n) is 6.60. The fraction of sp³-hybridized carbons (Fsp3) is 0.429. The van der Waals surface area contributed by atoms with Crippen molar-refractivity contribution in [2.24, 2.45) is 0 Å². The van der Waals surface area contributed by atoms with Crippen LogP contribution in [0.1, 0.15) is 42.9 Å². The molecule has 1 atom stereocenters. The van der Waals surface area contributed by atoms with Gasteiger partial charge in [0.25, 0.3) is 0 Å². The molecule has 7 heteroatoms. The van der Waals surface area contributed by atoms with Gasteiger partial charge in [-0.05, 0) is 56.5 Å². The number of nitrogens with zero attached hydrogens (tertiary/aromatic N) is 1. The Balaban J connectivity index is 0.00000342. The summed E-state index contributed by atoms with van der Waals surface area (Å²) in [6, 6.07) is 14.9. The van der Waals surface area contributed by atoms with Gasteiger partial charge in [0, 0.05) is 17.3 Å². The highest BCUT2D eigenvalue weighted by Crippen LogP contribution is 2.49. The molecule has 190 valence electrons. The number of ether oxygens (including phenoxy) is 3. The van der Waals surface area contributed by atoms with Crippen molar-refractivity contribution in [2.45, 2.75) is 38.2 Å². The number of likely N-dealkylation sites (tertiary alicyclic amines) is 1. The number of phenolic OH excluding ortho intramolecular Hbond substituents is 1. The van der Waals surface area contributed by atoms with Crippen molar-refractivity contribution in [2.75, 3.05) is 40.5 Å². The molecule has 1 aliphatic heterocycles. The summed E-state index contributed by atoms with van der Waals surface area (Å²) < 4.78 is 18.0. The van der Waals surface area contributed by atoms with Gasteiger partial charge in [0.1, 0.15) is 18.1 Å². The number of hydrogen-bond donors (Lipinski definition) is 2. The van der Waals surface area contributed by atoms with Crippen LogP contribution in [0.3, 0.4) is 0 Å². The van der Waals surface area contributed by atoms with Gasteiger partial charge >= 0.3 is 0 Å². The van der Waals surface area contributed by atoms with E-state index >= 15 is 0 Å². The lowest BCUT2D eigenvalue weighted by atomic mass is 9.95. The van der Waals surface area contributed by atoms with E-state index in [0.717, 1.165) is 36.0 Å². The molecule has 1 unspecified atom stereocenters. The molecule has 7 nitrogen and oxygen atoms in total. The number of aromatic hydroxyl groups is 1. The SMILES string of the molecule is COc1c(OCCN2CCCCC2)c(C(O)CCc2ccc(O)cc2)c(OC)c2ccccc12.O. The zero-order valence-corrected chi connectivity index (χ0v) is 20.6. The highest BCUT2D eigenvalue weighted by molar-refractivity contribution is 5.97. The van der Waals surface area contributed by atoms with Crippen LogP contribution in [-0.4, -0.2) is 61.0 Å². The number of phenols is 1. The van der Waals surface area contributed by atoms with E-state index < -0.39 is 6.10 Å². The van der Waals surface area contributed by atoms with Crippen LogP contribution in [0.2, 0.25) is 0 Å². The van der Waals surface area contributed by atoms with Gasteiger partial charge in [-0.1, -0.05) is 42.8 Å². The average molecular weight is 484 g/mol. The zero-order valence-electron chi connectivity index (χ0n) is 20.6. The van der Waals surface area contributed by atoms with E-state index in [1.54, 1.807) is 26.4 Å². The fourth-order valence-electron chi connectivity index (χ4n) is 4.81. The van der Waals surface area contributed by atoms with E-state index in [4.69, 9.17) is 14.2 Å². The summed E-state index contributed by atoms with van der Waals surface area (Å²) >= 11 is 0. The predicted octanol–water partition coefficient (Wildman–Crippen LogP) is 4.27. The minimum Gasteiger partial charge on any atom is -0.508 e. The van der Waals surface area contributed by atoms with E-state index in [-0.39, 0.29) is 11.2 Å². The van der Waals surface area contributed by atoms with Gasteiger partial charge in [0.2, 0.25) is 0 Å². The average Bonchev–Trinajstić information content (AvgIpc) is 2.88. The minimum absolute atomic E-state index is 0. The van der Waals surface area contributed by atoms with E-state index in [1.807, 2.05) is 36.4 Å². The number of fused-ring (bicyclic) bond motifs is 1. The summed E-state index contributed by atoms with van der Waals surface area (Å²) in [6.07, 6.45) is 4.07. The van der Waals surface area contributed by atoms with E-state index in [0.29, 0.717) is 42.3 Å². The Morgan fingerprint density at radius 3 is 2.11 bits per heavy atom. The van der Waals surface area contributed by atoms with Crippen LogP contribution in [0.15, 0.2) is 48.5 Å². The second-order valence-electron chi connectivity index (χ2n) is 8.83. The maximum Gasteiger partial charge on any atom is 0.171 e. The van der Waals surface area contributed by atoms with Crippen molar-refractivity contribution in [3.8, 4) is 23.0 Å². The van der Waals surface area contributed by atoms with E-state index in [2.05, 4.69) is 4.90 Å². The Bertz CT molecular complexity index is 1080. The first-order valence-electron chi connectivity index (χ1n) is 12.1. The molecule has 3 aromatic rings. The molecule has 0 radical (unpaired) electrons. The molecule has 0 saturated carbocycles. The molecule has 0 aliphatic carbocycles. The maximum atomic E-state index is 11.4. The van der Waals surface area contributed by atoms with Gasteiger partial charge in [-0.2, -0.15) is 0 Å². The summed E-state index contributed by atoms with van der Waals surface area (Å²) in [5.74, 6) is 2.01. The van der Waals surface area contributed by atoms with Crippen LogP contribution >= 0.6 is 0 Å². The molecule has 4 rings (SSSR count). The van der Waals surface area contributed by atoms with Crippen molar-refractivity contribution in [3.63, 3.8) is 0 Å². The molecule has 1 fully saturated rings. The molecule has 0 aromatic heterocycles. The van der Waals surface area contributed by atoms with Crippen LogP contribution in [0.5, 0.6) is 23.0 Å². The lowest BCUT2D eigenvalue weighted by Crippen LogP contribution is -2.33. The van der Waals surface area contributed by atoms with Gasteiger partial charge in [0.15, 0.2) is 11.5 Å². The number of benzene rings is 3. The highest BCUT2D eigenvalue weighted by atomic mass is 16.5. The Morgan fingerprint density at radius 2 is 1.49 bits per heavy atom. The summed E-state index contributed by atoms with van der Waals surface area (Å²) in [4.78, 5) is 2.43. The second-order valence-corrected chi connectivity index (χ2v) is 8.83. The number of methoxy groups -OCH3 is 2. The molecule has 0 amide bonds. The van der Waals surface area contributed by atoms with Crippen LogP contribution in [0, 0.1) is 0 Å². The monoisotopic (exact) mass is 483 g/mol. The van der Waals surface area contributed by atoms with Crippen LogP contribution in [-0.2, 0) is 6.42 Å². The molecule has 1 aliphatic rings. The third kappa shape index (κ3) is 6.17. The quantitative estimate of drug-likeness (QED) is 0.446. The number of hydrogen-bond acceptors (Lipinski definition) is 6. The summed E-state index contributed by atoms with van der Waals surface area (Å²) in [7, 11) is 3.26. The van der Waals surface area contributed by atoms with Crippen molar-refractivity contribution < 1.29 is 29.9 Å². The van der Waals surface area contributed by atoms with Crippen molar-refractivity contribution in [3.05, 3.63) is 59.7 Å². The first-order valence-corrected chi connectivity index (χ1v) is 12.1. The minimum atomic E-state index is -0.813. The van der Waals surface area contributed by atoms with Gasteiger partial charge in [-0.3, -0.25) is 4.90 Å². The van der Waals surface area contributed by atoms with Crippen molar-refractivity contribution in [1.29, 1.82) is 0 Å². The zero-order chi connectivity index (χ0) is 23.9. The van der Waals surface area contributed by atoms with E-state index in [1.165, 1.54) is 19.3 Å². The molecule has 35 heavy (non-hydrogen) atoms. The smallest absolute Gasteiger partial charge is 0.171 e. The largest absolute Gasteiger partial charge is 0.508 e. The topological polar surface area (TPSA) is 103 Å². The number of aliphatic hydroxyl groups is 1. The third-order valence-corrected chi connectivity index (χ3v) is 6.60. The second kappa shape index (κ2) is 12.6. The molecule has 1 heterocycles. The van der Waals surface area contributed by atoms with Crippen LogP contribution in [0.4, 0.5) is 0 Å². The first kappa shape index (κ1) is 26.6. The lowest BCUT2D eigenvalue weighted by molar-refractivity contribution is 0.149. The van der Waals surface area contributed by atoms with Gasteiger partial charge in [0.05, 0.1) is 25.9 Å². The maximum absolute atomic E-state index is 11.4. The molecular formula is C28H37NO6. The Hall–Kier alpha value is -3.00. The molecule has 3 aromatic carbocycles. The Kier molecular flexibility index (Phi) is 9.60. The Labute approximate surface area is 207 Å². The molecule has 4 N–H and O–H groups in total. The van der Waals surface area contributed by atoms with Crippen LogP contribution in [0.25, 0.3) is 10.8 Å². The Morgan fingerprint density at radius 1 is 0.857 bits per heavy atom. The first-order chi connectivity index (χ1) is 16.6. The lowest BCUT2D eigenvalue weighted by Gasteiger charge is -2.27. The summed E-state index contributed by atoms with van der Waals surface area (Å²) in [5, 5.41) is 22.7. The number of rotatable bonds is 10. The number of aliphatic hydroxyl groups excluding tert-OH is 1. The number of piperidine rings is 1. The number of aryl methyl sites for hydroxylation is 1. The van der Waals surface area contributed by atoms with E-state index in [9.17, 15) is 10.2 Å².